The fraction of sp³-hybridized carbons (Fsp3) is 0. The summed E-state index contributed by atoms with van der Waals surface area (Å²) in [5.74, 6) is 1.10. The Morgan fingerprint density at radius 3 is 2.83 bits per heavy atom. The lowest BCUT2D eigenvalue weighted by Gasteiger charge is -1.95. The summed E-state index contributed by atoms with van der Waals surface area (Å²) in [6, 6.07) is 8.89. The maximum absolute atomic E-state index is 6.06. The zero-order valence-corrected chi connectivity index (χ0v) is 9.85. The zero-order chi connectivity index (χ0) is 12.5. The molecular formula is C11H8ClN5O. The van der Waals surface area contributed by atoms with Gasteiger partial charge in [-0.1, -0.05) is 28.9 Å². The van der Waals surface area contributed by atoms with Gasteiger partial charge in [-0.05, 0) is 12.1 Å². The van der Waals surface area contributed by atoms with Crippen LogP contribution in [0.4, 0.5) is 5.82 Å². The number of nitrogens with zero attached hydrogens (tertiary/aromatic N) is 3. The number of benzene rings is 1. The lowest BCUT2D eigenvalue weighted by molar-refractivity contribution is 0.431. The highest BCUT2D eigenvalue weighted by Crippen LogP contribution is 2.27. The van der Waals surface area contributed by atoms with E-state index < -0.39 is 0 Å². The van der Waals surface area contributed by atoms with Crippen molar-refractivity contribution < 1.29 is 4.52 Å². The zero-order valence-electron chi connectivity index (χ0n) is 9.09. The molecule has 0 aliphatic carbocycles. The van der Waals surface area contributed by atoms with Crippen molar-refractivity contribution in [2.45, 2.75) is 0 Å². The van der Waals surface area contributed by atoms with Gasteiger partial charge in [0.15, 0.2) is 0 Å². The fourth-order valence-corrected chi connectivity index (χ4v) is 1.75. The van der Waals surface area contributed by atoms with E-state index in [1.807, 2.05) is 18.2 Å². The first kappa shape index (κ1) is 10.8. The van der Waals surface area contributed by atoms with Gasteiger partial charge in [-0.3, -0.25) is 5.10 Å². The minimum atomic E-state index is 0.314. The van der Waals surface area contributed by atoms with Crippen molar-refractivity contribution in [3.05, 3.63) is 35.4 Å². The fourth-order valence-electron chi connectivity index (χ4n) is 1.53. The predicted octanol–water partition coefficient (Wildman–Crippen LogP) is 2.36. The Morgan fingerprint density at radius 1 is 1.28 bits per heavy atom. The Bertz CT molecular complexity index is 690. The third kappa shape index (κ3) is 1.82. The van der Waals surface area contributed by atoms with Gasteiger partial charge in [-0.15, -0.1) is 0 Å². The number of aromatic nitrogens is 4. The van der Waals surface area contributed by atoms with Gasteiger partial charge in [-0.2, -0.15) is 10.1 Å². The van der Waals surface area contributed by atoms with Crippen molar-refractivity contribution in [2.75, 3.05) is 5.73 Å². The van der Waals surface area contributed by atoms with Crippen LogP contribution in [-0.2, 0) is 0 Å². The minimum Gasteiger partial charge on any atom is -0.382 e. The van der Waals surface area contributed by atoms with Crippen LogP contribution in [0.1, 0.15) is 0 Å². The van der Waals surface area contributed by atoms with Crippen LogP contribution in [0, 0.1) is 0 Å². The van der Waals surface area contributed by atoms with Crippen LogP contribution < -0.4 is 5.73 Å². The number of hydrogen-bond acceptors (Lipinski definition) is 5. The molecule has 6 nitrogen and oxygen atoms in total. The SMILES string of the molecule is Nc1cc(-c2nc(-c3ccccc3Cl)no2)[nH]n1. The molecule has 0 atom stereocenters. The van der Waals surface area contributed by atoms with E-state index in [-0.39, 0.29) is 0 Å². The maximum Gasteiger partial charge on any atom is 0.276 e. The molecule has 3 aromatic rings. The highest BCUT2D eigenvalue weighted by molar-refractivity contribution is 6.33. The Morgan fingerprint density at radius 2 is 2.11 bits per heavy atom. The van der Waals surface area contributed by atoms with Gasteiger partial charge in [0.25, 0.3) is 5.89 Å². The van der Waals surface area contributed by atoms with Crippen molar-refractivity contribution in [2.24, 2.45) is 0 Å². The molecule has 0 saturated heterocycles. The molecule has 3 N–H and O–H groups in total. The molecule has 7 heteroatoms. The Hall–Kier alpha value is -2.34. The second-order valence-corrected chi connectivity index (χ2v) is 4.02. The van der Waals surface area contributed by atoms with Gasteiger partial charge < -0.3 is 10.3 Å². The van der Waals surface area contributed by atoms with Crippen LogP contribution in [0.3, 0.4) is 0 Å². The molecule has 0 aliphatic heterocycles. The molecule has 18 heavy (non-hydrogen) atoms. The summed E-state index contributed by atoms with van der Waals surface area (Å²) in [4.78, 5) is 4.24. The third-order valence-corrected chi connectivity index (χ3v) is 2.70. The average Bonchev–Trinajstić information content (AvgIpc) is 2.98. The number of nitrogen functional groups attached to an aromatic ring is 1. The molecule has 3 rings (SSSR count). The predicted molar refractivity (Wildman–Crippen MR) is 66.7 cm³/mol. The maximum atomic E-state index is 6.06. The summed E-state index contributed by atoms with van der Waals surface area (Å²) in [7, 11) is 0. The summed E-state index contributed by atoms with van der Waals surface area (Å²) in [6.45, 7) is 0. The molecule has 0 spiro atoms. The number of anilines is 1. The summed E-state index contributed by atoms with van der Waals surface area (Å²) >= 11 is 6.06. The lowest BCUT2D eigenvalue weighted by atomic mass is 10.2. The van der Waals surface area contributed by atoms with Gasteiger partial charge in [0, 0.05) is 11.6 Å². The Balaban J connectivity index is 2.02. The van der Waals surface area contributed by atoms with E-state index in [0.29, 0.717) is 33.8 Å². The molecule has 2 heterocycles. The topological polar surface area (TPSA) is 93.6 Å². The van der Waals surface area contributed by atoms with Crippen molar-refractivity contribution in [3.63, 3.8) is 0 Å². The highest BCUT2D eigenvalue weighted by Gasteiger charge is 2.14. The number of rotatable bonds is 2. The standard InChI is InChI=1S/C11H8ClN5O/c12-7-4-2-1-3-6(7)10-14-11(18-17-10)8-5-9(13)16-15-8/h1-5H,(H3,13,15,16). The number of aromatic amines is 1. The molecular weight excluding hydrogens is 254 g/mol. The summed E-state index contributed by atoms with van der Waals surface area (Å²) in [5, 5.41) is 10.9. The van der Waals surface area contributed by atoms with Gasteiger partial charge >= 0.3 is 0 Å². The number of halogens is 1. The van der Waals surface area contributed by atoms with Gasteiger partial charge in [0.2, 0.25) is 5.82 Å². The third-order valence-electron chi connectivity index (χ3n) is 2.37. The number of hydrogen-bond donors (Lipinski definition) is 2. The molecule has 0 unspecified atom stereocenters. The molecule has 0 aliphatic rings. The molecule has 0 saturated carbocycles. The number of H-pyrrole nitrogens is 1. The molecule has 0 amide bonds. The first-order chi connectivity index (χ1) is 8.74. The summed E-state index contributed by atoms with van der Waals surface area (Å²) < 4.78 is 5.13. The van der Waals surface area contributed by atoms with Crippen molar-refractivity contribution >= 4 is 17.4 Å². The highest BCUT2D eigenvalue weighted by atomic mass is 35.5. The Kier molecular flexibility index (Phi) is 2.49. The van der Waals surface area contributed by atoms with Gasteiger partial charge in [-0.25, -0.2) is 0 Å². The first-order valence-electron chi connectivity index (χ1n) is 5.14. The molecule has 90 valence electrons. The van der Waals surface area contributed by atoms with Crippen molar-refractivity contribution in [3.8, 4) is 23.0 Å². The molecule has 1 aromatic carbocycles. The quantitative estimate of drug-likeness (QED) is 0.738. The normalized spacial score (nSPS) is 10.7. The lowest BCUT2D eigenvalue weighted by Crippen LogP contribution is -1.82. The van der Waals surface area contributed by atoms with E-state index in [2.05, 4.69) is 20.3 Å². The van der Waals surface area contributed by atoms with E-state index in [1.54, 1.807) is 12.1 Å². The van der Waals surface area contributed by atoms with E-state index in [9.17, 15) is 0 Å². The van der Waals surface area contributed by atoms with E-state index in [1.165, 1.54) is 0 Å². The van der Waals surface area contributed by atoms with Crippen LogP contribution in [0.2, 0.25) is 5.02 Å². The molecule has 0 fully saturated rings. The van der Waals surface area contributed by atoms with E-state index >= 15 is 0 Å². The second kappa shape index (κ2) is 4.15. The summed E-state index contributed by atoms with van der Waals surface area (Å²) in [6.07, 6.45) is 0. The first-order valence-corrected chi connectivity index (χ1v) is 5.52. The van der Waals surface area contributed by atoms with Crippen LogP contribution in [0.5, 0.6) is 0 Å². The van der Waals surface area contributed by atoms with Crippen molar-refractivity contribution in [1.29, 1.82) is 0 Å². The van der Waals surface area contributed by atoms with E-state index in [0.717, 1.165) is 0 Å². The smallest absolute Gasteiger partial charge is 0.276 e. The van der Waals surface area contributed by atoms with Gasteiger partial charge in [0.05, 0.1) is 5.02 Å². The minimum absolute atomic E-state index is 0.314. The average molecular weight is 262 g/mol. The number of nitrogens with two attached hydrogens (primary N) is 1. The molecule has 0 bridgehead atoms. The molecule has 2 aromatic heterocycles. The van der Waals surface area contributed by atoms with Crippen LogP contribution in [0.25, 0.3) is 23.0 Å². The van der Waals surface area contributed by atoms with Gasteiger partial charge in [0.1, 0.15) is 11.5 Å². The summed E-state index contributed by atoms with van der Waals surface area (Å²) in [5.41, 5.74) is 6.78. The van der Waals surface area contributed by atoms with Crippen molar-refractivity contribution in [1.82, 2.24) is 20.3 Å². The largest absolute Gasteiger partial charge is 0.382 e. The Labute approximate surface area is 107 Å². The number of nitrogens with one attached hydrogen (secondary N) is 1. The van der Waals surface area contributed by atoms with Crippen LogP contribution in [0.15, 0.2) is 34.9 Å². The van der Waals surface area contributed by atoms with E-state index in [4.69, 9.17) is 21.9 Å². The van der Waals surface area contributed by atoms with Crippen LogP contribution in [-0.4, -0.2) is 20.3 Å². The second-order valence-electron chi connectivity index (χ2n) is 3.61. The van der Waals surface area contributed by atoms with Crippen LogP contribution >= 0.6 is 11.6 Å². The molecule has 0 radical (unpaired) electrons. The monoisotopic (exact) mass is 261 g/mol.